The Labute approximate surface area is 155 Å². The van der Waals surface area contributed by atoms with Crippen LogP contribution in [-0.4, -0.2) is 11.7 Å². The first-order valence-electron chi connectivity index (χ1n) is 8.27. The molecule has 0 aliphatic carbocycles. The van der Waals surface area contributed by atoms with Crippen LogP contribution in [0.2, 0.25) is 0 Å². The second-order valence-electron chi connectivity index (χ2n) is 6.76. The Balaban J connectivity index is 2.06. The fraction of sp³-hybridized carbons (Fsp3) is 0.300. The number of nitrogens with zero attached hydrogens (tertiary/aromatic N) is 3. The molecule has 5 rings (SSSR count). The van der Waals surface area contributed by atoms with Crippen molar-refractivity contribution in [3.05, 3.63) is 60.1 Å². The molecule has 132 valence electrons. The number of furan rings is 1. The van der Waals surface area contributed by atoms with Gasteiger partial charge in [0.25, 0.3) is 0 Å². The second kappa shape index (κ2) is 5.45. The van der Waals surface area contributed by atoms with Crippen molar-refractivity contribution in [3.63, 3.8) is 0 Å². The fourth-order valence-corrected chi connectivity index (χ4v) is 4.32. The normalized spacial score (nSPS) is 33.3. The molecule has 3 aliphatic heterocycles. The Kier molecular flexibility index (Phi) is 3.40. The Morgan fingerprint density at radius 1 is 1.00 bits per heavy atom. The van der Waals surface area contributed by atoms with E-state index >= 15 is 0 Å². The summed E-state index contributed by atoms with van der Waals surface area (Å²) in [5.41, 5.74) is -3.27. The minimum Gasteiger partial charge on any atom is -0.467 e. The van der Waals surface area contributed by atoms with E-state index in [-0.39, 0.29) is 5.76 Å². The van der Waals surface area contributed by atoms with Gasteiger partial charge in [-0.05, 0) is 17.7 Å². The molecule has 0 unspecified atom stereocenters. The molecule has 0 radical (unpaired) electrons. The standard InChI is InChI=1S/C20H14N4O3/c1-18-15(13-6-3-2-4-7-13)19(10-21,11-22)20(12-23,17(24)27-18)16(26-18)14-8-5-9-25-14/h2-9,15-16,24H,1H3/t15-,16+,18-,20+/m0/s1. The van der Waals surface area contributed by atoms with Gasteiger partial charge in [-0.1, -0.05) is 30.3 Å². The minimum absolute atomic E-state index is 0.261. The van der Waals surface area contributed by atoms with E-state index in [1.807, 2.05) is 12.1 Å². The number of ether oxygens (including phenoxy) is 2. The number of rotatable bonds is 2. The highest BCUT2D eigenvalue weighted by molar-refractivity contribution is 5.89. The molecule has 3 saturated heterocycles. The predicted octanol–water partition coefficient (Wildman–Crippen LogP) is 3.40. The molecule has 2 bridgehead atoms. The quantitative estimate of drug-likeness (QED) is 0.876. The Bertz CT molecular complexity index is 1010. The average molecular weight is 358 g/mol. The Morgan fingerprint density at radius 2 is 1.70 bits per heavy atom. The van der Waals surface area contributed by atoms with Crippen LogP contribution >= 0.6 is 0 Å². The van der Waals surface area contributed by atoms with Crippen LogP contribution in [0.5, 0.6) is 0 Å². The van der Waals surface area contributed by atoms with E-state index in [2.05, 4.69) is 12.1 Å². The van der Waals surface area contributed by atoms with E-state index in [0.717, 1.165) is 0 Å². The van der Waals surface area contributed by atoms with Gasteiger partial charge >= 0.3 is 0 Å². The molecule has 1 aromatic heterocycles. The molecule has 4 heterocycles. The SMILES string of the molecule is C[C@@]12OC(=N)[C@@](C#N)([C@@H](c3ccco3)O1)C(C#N)(C#N)[C@H]2c1ccccc1. The van der Waals surface area contributed by atoms with E-state index in [0.29, 0.717) is 5.56 Å². The van der Waals surface area contributed by atoms with E-state index < -0.39 is 34.5 Å². The summed E-state index contributed by atoms with van der Waals surface area (Å²) in [6.45, 7) is 1.58. The molecule has 7 heteroatoms. The number of hydrogen-bond donors (Lipinski definition) is 1. The first-order chi connectivity index (χ1) is 13.0. The van der Waals surface area contributed by atoms with Crippen LogP contribution in [0.15, 0.2) is 53.1 Å². The number of benzene rings is 1. The van der Waals surface area contributed by atoms with Gasteiger partial charge in [-0.3, -0.25) is 5.41 Å². The van der Waals surface area contributed by atoms with Crippen molar-refractivity contribution in [3.8, 4) is 18.2 Å². The van der Waals surface area contributed by atoms with Gasteiger partial charge in [-0.2, -0.15) is 15.8 Å². The third-order valence-corrected chi connectivity index (χ3v) is 5.45. The summed E-state index contributed by atoms with van der Waals surface area (Å²) < 4.78 is 17.3. The van der Waals surface area contributed by atoms with Gasteiger partial charge in [0.15, 0.2) is 10.8 Å². The van der Waals surface area contributed by atoms with Crippen LogP contribution in [0, 0.1) is 50.2 Å². The van der Waals surface area contributed by atoms with E-state index in [9.17, 15) is 15.8 Å². The highest BCUT2D eigenvalue weighted by atomic mass is 16.7. The largest absolute Gasteiger partial charge is 0.467 e. The smallest absolute Gasteiger partial charge is 0.219 e. The Morgan fingerprint density at radius 3 is 2.26 bits per heavy atom. The molecular weight excluding hydrogens is 344 g/mol. The van der Waals surface area contributed by atoms with Gasteiger partial charge in [0.1, 0.15) is 11.9 Å². The van der Waals surface area contributed by atoms with Crippen LogP contribution < -0.4 is 0 Å². The van der Waals surface area contributed by atoms with Crippen LogP contribution in [0.25, 0.3) is 0 Å². The second-order valence-corrected chi connectivity index (χ2v) is 6.76. The summed E-state index contributed by atoms with van der Waals surface area (Å²) in [7, 11) is 0. The lowest BCUT2D eigenvalue weighted by Gasteiger charge is -2.60. The van der Waals surface area contributed by atoms with Gasteiger partial charge < -0.3 is 13.9 Å². The minimum atomic E-state index is -1.98. The average Bonchev–Trinajstić information content (AvgIpc) is 3.21. The topological polar surface area (TPSA) is 127 Å². The molecule has 0 spiro atoms. The van der Waals surface area contributed by atoms with Gasteiger partial charge in [0.2, 0.25) is 11.7 Å². The molecule has 1 aromatic carbocycles. The molecule has 1 N–H and O–H groups in total. The van der Waals surface area contributed by atoms with E-state index in [1.165, 1.54) is 6.26 Å². The zero-order chi connectivity index (χ0) is 19.3. The lowest BCUT2D eigenvalue weighted by atomic mass is 9.50. The van der Waals surface area contributed by atoms with E-state index in [1.54, 1.807) is 43.3 Å². The highest BCUT2D eigenvalue weighted by Crippen LogP contribution is 2.69. The number of nitriles is 3. The summed E-state index contributed by atoms with van der Waals surface area (Å²) in [4.78, 5) is 0. The first kappa shape index (κ1) is 16.8. The lowest BCUT2D eigenvalue weighted by molar-refractivity contribution is -0.326. The first-order valence-corrected chi connectivity index (χ1v) is 8.27. The summed E-state index contributed by atoms with van der Waals surface area (Å²) in [5, 5.41) is 38.9. The van der Waals surface area contributed by atoms with Gasteiger partial charge in [-0.25, -0.2) is 0 Å². The fourth-order valence-electron chi connectivity index (χ4n) is 4.32. The molecule has 0 amide bonds. The van der Waals surface area contributed by atoms with Crippen molar-refractivity contribution in [2.45, 2.75) is 24.7 Å². The molecule has 3 aliphatic rings. The van der Waals surface area contributed by atoms with Crippen LogP contribution in [0.4, 0.5) is 0 Å². The molecule has 7 nitrogen and oxygen atoms in total. The lowest BCUT2D eigenvalue weighted by Crippen LogP contribution is -2.70. The molecule has 4 atom stereocenters. The van der Waals surface area contributed by atoms with Crippen molar-refractivity contribution in [2.75, 3.05) is 0 Å². The third kappa shape index (κ3) is 1.83. The maximum atomic E-state index is 10.2. The third-order valence-electron chi connectivity index (χ3n) is 5.45. The number of nitrogens with one attached hydrogen (secondary N) is 1. The highest BCUT2D eigenvalue weighted by Gasteiger charge is 2.80. The summed E-state index contributed by atoms with van der Waals surface area (Å²) >= 11 is 0. The summed E-state index contributed by atoms with van der Waals surface area (Å²) in [6.07, 6.45) is 0.288. The molecule has 2 aromatic rings. The maximum Gasteiger partial charge on any atom is 0.219 e. The van der Waals surface area contributed by atoms with Crippen molar-refractivity contribution in [2.24, 2.45) is 10.8 Å². The number of fused-ring (bicyclic) bond motifs is 3. The van der Waals surface area contributed by atoms with Gasteiger partial charge in [-0.15, -0.1) is 0 Å². The summed E-state index contributed by atoms with van der Waals surface area (Å²) in [6, 6.07) is 18.2. The van der Waals surface area contributed by atoms with Crippen molar-refractivity contribution < 1.29 is 13.9 Å². The van der Waals surface area contributed by atoms with Crippen molar-refractivity contribution >= 4 is 5.90 Å². The monoisotopic (exact) mass is 358 g/mol. The van der Waals surface area contributed by atoms with Crippen LogP contribution in [0.3, 0.4) is 0 Å². The van der Waals surface area contributed by atoms with Crippen molar-refractivity contribution in [1.29, 1.82) is 21.2 Å². The predicted molar refractivity (Wildman–Crippen MR) is 90.6 cm³/mol. The van der Waals surface area contributed by atoms with Gasteiger partial charge in [0, 0.05) is 6.92 Å². The molecule has 3 fully saturated rings. The molecule has 0 saturated carbocycles. The maximum absolute atomic E-state index is 10.2. The zero-order valence-corrected chi connectivity index (χ0v) is 14.3. The van der Waals surface area contributed by atoms with Crippen LogP contribution in [-0.2, 0) is 9.47 Å². The van der Waals surface area contributed by atoms with Crippen LogP contribution in [0.1, 0.15) is 30.3 Å². The number of hydrogen-bond acceptors (Lipinski definition) is 7. The Hall–Kier alpha value is -3.60. The summed E-state index contributed by atoms with van der Waals surface area (Å²) in [5.74, 6) is -2.60. The van der Waals surface area contributed by atoms with Crippen molar-refractivity contribution in [1.82, 2.24) is 0 Å². The molecule has 27 heavy (non-hydrogen) atoms. The van der Waals surface area contributed by atoms with E-state index in [4.69, 9.17) is 19.3 Å². The molecular formula is C20H14N4O3. The van der Waals surface area contributed by atoms with Gasteiger partial charge in [0.05, 0.1) is 30.4 Å². The zero-order valence-electron chi connectivity index (χ0n) is 14.3.